The Hall–Kier alpha value is -1.87. The Morgan fingerprint density at radius 3 is 2.60 bits per heavy atom. The maximum Gasteiger partial charge on any atom is 0.240 e. The van der Waals surface area contributed by atoms with E-state index < -0.39 is 5.54 Å². The van der Waals surface area contributed by atoms with Gasteiger partial charge in [-0.25, -0.2) is 0 Å². The Morgan fingerprint density at radius 1 is 1.20 bits per heavy atom. The maximum absolute atomic E-state index is 12.2. The minimum absolute atomic E-state index is 0.0239. The molecule has 1 saturated carbocycles. The molecule has 1 fully saturated rings. The fourth-order valence-corrected chi connectivity index (χ4v) is 2.83. The van der Waals surface area contributed by atoms with Crippen LogP contribution in [0.3, 0.4) is 0 Å². The number of nitrogens with two attached hydrogens (primary N) is 1. The summed E-state index contributed by atoms with van der Waals surface area (Å²) in [6.07, 6.45) is 2.63. The molecule has 3 heteroatoms. The predicted octanol–water partition coefficient (Wildman–Crippen LogP) is 2.90. The number of fused-ring (bicyclic) bond motifs is 1. The van der Waals surface area contributed by atoms with Gasteiger partial charge in [0, 0.05) is 0 Å². The van der Waals surface area contributed by atoms with Crippen molar-refractivity contribution in [1.29, 1.82) is 0 Å². The monoisotopic (exact) mass is 268 g/mol. The zero-order valence-electron chi connectivity index (χ0n) is 11.7. The molecule has 0 spiro atoms. The highest BCUT2D eigenvalue weighted by Crippen LogP contribution is 2.30. The van der Waals surface area contributed by atoms with Crippen LogP contribution >= 0.6 is 0 Å². The number of rotatable bonds is 3. The Morgan fingerprint density at radius 2 is 1.90 bits per heavy atom. The van der Waals surface area contributed by atoms with E-state index >= 15 is 0 Å². The van der Waals surface area contributed by atoms with Gasteiger partial charge in [0.25, 0.3) is 0 Å². The summed E-state index contributed by atoms with van der Waals surface area (Å²) in [5, 5.41) is 5.44. The lowest BCUT2D eigenvalue weighted by Crippen LogP contribution is -2.58. The second kappa shape index (κ2) is 4.91. The lowest BCUT2D eigenvalue weighted by atomic mass is 9.77. The average molecular weight is 268 g/mol. The van der Waals surface area contributed by atoms with Gasteiger partial charge in [0.1, 0.15) is 0 Å². The van der Waals surface area contributed by atoms with Crippen LogP contribution in [0.4, 0.5) is 0 Å². The Kier molecular flexibility index (Phi) is 3.22. The third kappa shape index (κ3) is 2.18. The van der Waals surface area contributed by atoms with Crippen molar-refractivity contribution in [3.63, 3.8) is 0 Å². The SMILES string of the molecule is CC(NC(=O)C1(N)CCC1)c1cccc2ccccc12. The largest absolute Gasteiger partial charge is 0.348 e. The molecule has 0 aromatic heterocycles. The molecular weight excluding hydrogens is 248 g/mol. The molecular formula is C17H20N2O. The first-order chi connectivity index (χ1) is 9.60. The van der Waals surface area contributed by atoms with Crippen molar-refractivity contribution >= 4 is 16.7 Å². The van der Waals surface area contributed by atoms with E-state index in [1.807, 2.05) is 25.1 Å². The van der Waals surface area contributed by atoms with E-state index in [1.54, 1.807) is 0 Å². The number of benzene rings is 2. The summed E-state index contributed by atoms with van der Waals surface area (Å²) >= 11 is 0. The molecule has 1 aliphatic carbocycles. The van der Waals surface area contributed by atoms with Crippen LogP contribution in [-0.2, 0) is 4.79 Å². The minimum Gasteiger partial charge on any atom is -0.348 e. The van der Waals surface area contributed by atoms with Gasteiger partial charge in [-0.1, -0.05) is 42.5 Å². The third-order valence-corrected chi connectivity index (χ3v) is 4.34. The van der Waals surface area contributed by atoms with Gasteiger partial charge in [-0.05, 0) is 42.5 Å². The van der Waals surface area contributed by atoms with Crippen molar-refractivity contribution in [1.82, 2.24) is 5.32 Å². The summed E-state index contributed by atoms with van der Waals surface area (Å²) in [7, 11) is 0. The standard InChI is InChI=1S/C17H20N2O/c1-12(19-16(20)17(18)10-5-11-17)14-9-4-7-13-6-2-3-8-15(13)14/h2-4,6-9,12H,5,10-11,18H2,1H3,(H,19,20). The lowest BCUT2D eigenvalue weighted by Gasteiger charge is -2.37. The van der Waals surface area contributed by atoms with Gasteiger partial charge in [0.2, 0.25) is 5.91 Å². The van der Waals surface area contributed by atoms with Crippen LogP contribution < -0.4 is 11.1 Å². The molecule has 3 rings (SSSR count). The normalized spacial score (nSPS) is 18.3. The first kappa shape index (κ1) is 13.1. The maximum atomic E-state index is 12.2. The molecule has 0 saturated heterocycles. The number of carbonyl (C=O) groups excluding carboxylic acids is 1. The predicted molar refractivity (Wildman–Crippen MR) is 81.3 cm³/mol. The van der Waals surface area contributed by atoms with E-state index in [1.165, 1.54) is 10.8 Å². The summed E-state index contributed by atoms with van der Waals surface area (Å²) in [5.74, 6) is -0.0239. The Labute approximate surface area is 119 Å². The molecule has 1 aliphatic rings. The summed E-state index contributed by atoms with van der Waals surface area (Å²) in [4.78, 5) is 12.2. The fraction of sp³-hybridized carbons (Fsp3) is 0.353. The molecule has 2 aromatic carbocycles. The smallest absolute Gasteiger partial charge is 0.240 e. The average Bonchev–Trinajstić information content (AvgIpc) is 2.43. The molecule has 3 N–H and O–H groups in total. The number of hydrogen-bond acceptors (Lipinski definition) is 2. The van der Waals surface area contributed by atoms with E-state index in [0.29, 0.717) is 0 Å². The van der Waals surface area contributed by atoms with E-state index in [9.17, 15) is 4.79 Å². The minimum atomic E-state index is -0.640. The van der Waals surface area contributed by atoms with Gasteiger partial charge < -0.3 is 11.1 Å². The van der Waals surface area contributed by atoms with Crippen LogP contribution in [0, 0.1) is 0 Å². The topological polar surface area (TPSA) is 55.1 Å². The van der Waals surface area contributed by atoms with Crippen molar-refractivity contribution in [2.75, 3.05) is 0 Å². The number of carbonyl (C=O) groups is 1. The molecule has 0 bridgehead atoms. The van der Waals surface area contributed by atoms with Crippen LogP contribution in [0.5, 0.6) is 0 Å². The molecule has 0 heterocycles. The Bertz CT molecular complexity index is 641. The highest BCUT2D eigenvalue weighted by molar-refractivity contribution is 5.89. The van der Waals surface area contributed by atoms with Crippen molar-refractivity contribution in [2.24, 2.45) is 5.73 Å². The van der Waals surface area contributed by atoms with E-state index in [0.717, 1.165) is 24.8 Å². The van der Waals surface area contributed by atoms with Gasteiger partial charge in [-0.15, -0.1) is 0 Å². The van der Waals surface area contributed by atoms with Crippen molar-refractivity contribution in [2.45, 2.75) is 37.8 Å². The Balaban J connectivity index is 1.85. The van der Waals surface area contributed by atoms with Crippen LogP contribution in [0.1, 0.15) is 37.8 Å². The van der Waals surface area contributed by atoms with Crippen molar-refractivity contribution in [3.05, 3.63) is 48.0 Å². The number of amides is 1. The fourth-order valence-electron chi connectivity index (χ4n) is 2.83. The summed E-state index contributed by atoms with van der Waals surface area (Å²) in [6.45, 7) is 2.02. The van der Waals surface area contributed by atoms with Crippen LogP contribution in [0.2, 0.25) is 0 Å². The van der Waals surface area contributed by atoms with Crippen LogP contribution in [0.25, 0.3) is 10.8 Å². The lowest BCUT2D eigenvalue weighted by molar-refractivity contribution is -0.129. The second-order valence-electron chi connectivity index (χ2n) is 5.77. The number of nitrogens with one attached hydrogen (secondary N) is 1. The van der Waals surface area contributed by atoms with Crippen LogP contribution in [0.15, 0.2) is 42.5 Å². The van der Waals surface area contributed by atoms with Crippen LogP contribution in [-0.4, -0.2) is 11.4 Å². The van der Waals surface area contributed by atoms with Gasteiger partial charge in [-0.2, -0.15) is 0 Å². The van der Waals surface area contributed by atoms with Crippen molar-refractivity contribution in [3.8, 4) is 0 Å². The molecule has 1 amide bonds. The number of hydrogen-bond donors (Lipinski definition) is 2. The molecule has 20 heavy (non-hydrogen) atoms. The molecule has 3 nitrogen and oxygen atoms in total. The first-order valence-corrected chi connectivity index (χ1v) is 7.18. The first-order valence-electron chi connectivity index (χ1n) is 7.18. The van der Waals surface area contributed by atoms with Gasteiger partial charge in [0.05, 0.1) is 11.6 Å². The molecule has 2 aromatic rings. The zero-order valence-corrected chi connectivity index (χ0v) is 11.7. The van der Waals surface area contributed by atoms with E-state index in [2.05, 4.69) is 29.6 Å². The summed E-state index contributed by atoms with van der Waals surface area (Å²) in [5.41, 5.74) is 6.57. The van der Waals surface area contributed by atoms with Gasteiger partial charge >= 0.3 is 0 Å². The third-order valence-electron chi connectivity index (χ3n) is 4.34. The van der Waals surface area contributed by atoms with E-state index in [4.69, 9.17) is 5.73 Å². The quantitative estimate of drug-likeness (QED) is 0.899. The molecule has 1 atom stereocenters. The molecule has 0 aliphatic heterocycles. The van der Waals surface area contributed by atoms with Gasteiger partial charge in [-0.3, -0.25) is 4.79 Å². The summed E-state index contributed by atoms with van der Waals surface area (Å²) < 4.78 is 0. The van der Waals surface area contributed by atoms with Crippen molar-refractivity contribution < 1.29 is 4.79 Å². The highest BCUT2D eigenvalue weighted by atomic mass is 16.2. The van der Waals surface area contributed by atoms with E-state index in [-0.39, 0.29) is 11.9 Å². The molecule has 0 radical (unpaired) electrons. The summed E-state index contributed by atoms with van der Waals surface area (Å²) in [6, 6.07) is 14.4. The zero-order chi connectivity index (χ0) is 14.2. The molecule has 1 unspecified atom stereocenters. The molecule has 104 valence electrons. The second-order valence-corrected chi connectivity index (χ2v) is 5.77. The van der Waals surface area contributed by atoms with Gasteiger partial charge in [0.15, 0.2) is 0 Å². The highest BCUT2D eigenvalue weighted by Gasteiger charge is 2.40.